The molecule has 0 spiro atoms. The molecular formula is C8H7Br2NO2. The molecule has 0 heterocycles. The quantitative estimate of drug-likeness (QED) is 0.395. The number of hydrogen-bond donors (Lipinski definition) is 1. The Morgan fingerprint density at radius 2 is 1.85 bits per heavy atom. The normalized spacial score (nSPS) is 10.1. The highest BCUT2D eigenvalue weighted by molar-refractivity contribution is 9.25. The predicted octanol–water partition coefficient (Wildman–Crippen LogP) is 2.29. The summed E-state index contributed by atoms with van der Waals surface area (Å²) in [5, 5.41) is 0. The van der Waals surface area contributed by atoms with Crippen LogP contribution in [0.3, 0.4) is 0 Å². The molecule has 0 unspecified atom stereocenters. The van der Waals surface area contributed by atoms with Gasteiger partial charge in [0.15, 0.2) is 3.74 Å². The second-order valence-corrected chi connectivity index (χ2v) is 5.35. The van der Waals surface area contributed by atoms with Crippen molar-refractivity contribution >= 4 is 43.5 Å². The smallest absolute Gasteiger partial charge is 0.336 e. The molecule has 1 aromatic carbocycles. The van der Waals surface area contributed by atoms with Crippen molar-refractivity contribution in [3.05, 3.63) is 24.3 Å². The van der Waals surface area contributed by atoms with Crippen molar-refractivity contribution in [2.75, 3.05) is 5.73 Å². The van der Waals surface area contributed by atoms with Crippen molar-refractivity contribution in [3.8, 4) is 5.75 Å². The summed E-state index contributed by atoms with van der Waals surface area (Å²) in [6.07, 6.45) is 0. The lowest BCUT2D eigenvalue weighted by Gasteiger charge is -2.04. The van der Waals surface area contributed by atoms with Crippen molar-refractivity contribution in [1.82, 2.24) is 0 Å². The number of nitrogen functional groups attached to an aromatic ring is 1. The zero-order valence-corrected chi connectivity index (χ0v) is 9.71. The summed E-state index contributed by atoms with van der Waals surface area (Å²) < 4.78 is 4.45. The third-order valence-corrected chi connectivity index (χ3v) is 2.02. The Balaban J connectivity index is 2.65. The van der Waals surface area contributed by atoms with Gasteiger partial charge in [0, 0.05) is 5.69 Å². The van der Waals surface area contributed by atoms with E-state index in [1.54, 1.807) is 24.3 Å². The fraction of sp³-hybridized carbons (Fsp3) is 0.125. The minimum atomic E-state index is -0.488. The standard InChI is InChI=1S/C8H7Br2NO2/c9-7(10)8(12)13-6-3-1-5(11)2-4-6/h1-4,7H,11H2. The molecule has 3 nitrogen and oxygen atoms in total. The van der Waals surface area contributed by atoms with Crippen LogP contribution in [0.25, 0.3) is 0 Å². The highest BCUT2D eigenvalue weighted by Gasteiger charge is 2.12. The Labute approximate surface area is 92.5 Å². The molecule has 2 N–H and O–H groups in total. The van der Waals surface area contributed by atoms with Gasteiger partial charge >= 0.3 is 5.97 Å². The van der Waals surface area contributed by atoms with E-state index in [4.69, 9.17) is 10.5 Å². The average molecular weight is 309 g/mol. The molecule has 1 rings (SSSR count). The van der Waals surface area contributed by atoms with Crippen LogP contribution in [0.4, 0.5) is 5.69 Å². The van der Waals surface area contributed by atoms with E-state index in [1.165, 1.54) is 0 Å². The number of esters is 1. The first-order chi connectivity index (χ1) is 6.09. The van der Waals surface area contributed by atoms with Gasteiger partial charge in [-0.25, -0.2) is 4.79 Å². The maximum absolute atomic E-state index is 11.0. The Morgan fingerprint density at radius 1 is 1.31 bits per heavy atom. The van der Waals surface area contributed by atoms with Crippen molar-refractivity contribution in [3.63, 3.8) is 0 Å². The van der Waals surface area contributed by atoms with Crippen LogP contribution in [-0.2, 0) is 4.79 Å². The molecule has 0 aliphatic heterocycles. The van der Waals surface area contributed by atoms with Crippen LogP contribution < -0.4 is 10.5 Å². The summed E-state index contributed by atoms with van der Waals surface area (Å²) in [6.45, 7) is 0. The fourth-order valence-corrected chi connectivity index (χ4v) is 0.883. The first-order valence-electron chi connectivity index (χ1n) is 3.45. The van der Waals surface area contributed by atoms with E-state index in [-0.39, 0.29) is 0 Å². The van der Waals surface area contributed by atoms with Gasteiger partial charge in [0.25, 0.3) is 0 Å². The average Bonchev–Trinajstić information content (AvgIpc) is 2.08. The summed E-state index contributed by atoms with van der Waals surface area (Å²) in [7, 11) is 0. The Bertz CT molecular complexity index is 298. The summed E-state index contributed by atoms with van der Waals surface area (Å²) in [4.78, 5) is 11.0. The SMILES string of the molecule is Nc1ccc(OC(=O)C(Br)Br)cc1. The number of anilines is 1. The van der Waals surface area contributed by atoms with E-state index in [9.17, 15) is 4.79 Å². The monoisotopic (exact) mass is 307 g/mol. The molecule has 0 fully saturated rings. The van der Waals surface area contributed by atoms with Crippen LogP contribution in [0.5, 0.6) is 5.75 Å². The van der Waals surface area contributed by atoms with E-state index in [1.807, 2.05) is 0 Å². The highest BCUT2D eigenvalue weighted by Crippen LogP contribution is 2.16. The van der Waals surface area contributed by atoms with Gasteiger partial charge in [-0.2, -0.15) is 0 Å². The Morgan fingerprint density at radius 3 is 2.31 bits per heavy atom. The van der Waals surface area contributed by atoms with Gasteiger partial charge in [-0.15, -0.1) is 0 Å². The van der Waals surface area contributed by atoms with Gasteiger partial charge in [0.05, 0.1) is 0 Å². The number of nitrogens with two attached hydrogens (primary N) is 1. The number of carbonyl (C=O) groups excluding carboxylic acids is 1. The lowest BCUT2D eigenvalue weighted by atomic mass is 10.3. The zero-order valence-electron chi connectivity index (χ0n) is 6.54. The molecule has 0 saturated carbocycles. The van der Waals surface area contributed by atoms with Gasteiger partial charge in [0.2, 0.25) is 0 Å². The van der Waals surface area contributed by atoms with Gasteiger partial charge < -0.3 is 10.5 Å². The second kappa shape index (κ2) is 4.62. The number of carbonyl (C=O) groups is 1. The number of alkyl halides is 2. The number of benzene rings is 1. The molecule has 1 aromatic rings. The van der Waals surface area contributed by atoms with Crippen molar-refractivity contribution in [2.45, 2.75) is 3.74 Å². The molecule has 0 aliphatic rings. The van der Waals surface area contributed by atoms with Crippen LogP contribution in [-0.4, -0.2) is 9.71 Å². The molecule has 0 atom stereocenters. The van der Waals surface area contributed by atoms with Gasteiger partial charge in [-0.05, 0) is 24.3 Å². The number of halogens is 2. The summed E-state index contributed by atoms with van der Waals surface area (Å²) >= 11 is 6.06. The summed E-state index contributed by atoms with van der Waals surface area (Å²) in [5.74, 6) is 0.0767. The van der Waals surface area contributed by atoms with Crippen molar-refractivity contribution in [2.24, 2.45) is 0 Å². The summed E-state index contributed by atoms with van der Waals surface area (Å²) in [5.41, 5.74) is 6.09. The van der Waals surface area contributed by atoms with Crippen LogP contribution in [0.1, 0.15) is 0 Å². The number of hydrogen-bond acceptors (Lipinski definition) is 3. The topological polar surface area (TPSA) is 52.3 Å². The molecule has 0 amide bonds. The molecule has 0 radical (unpaired) electrons. The van der Waals surface area contributed by atoms with Crippen molar-refractivity contribution < 1.29 is 9.53 Å². The number of ether oxygens (including phenoxy) is 1. The van der Waals surface area contributed by atoms with E-state index >= 15 is 0 Å². The van der Waals surface area contributed by atoms with E-state index in [0.717, 1.165) is 0 Å². The molecular weight excluding hydrogens is 302 g/mol. The van der Waals surface area contributed by atoms with Crippen LogP contribution >= 0.6 is 31.9 Å². The van der Waals surface area contributed by atoms with Crippen LogP contribution in [0.15, 0.2) is 24.3 Å². The first kappa shape index (κ1) is 10.5. The van der Waals surface area contributed by atoms with E-state index < -0.39 is 9.71 Å². The maximum Gasteiger partial charge on any atom is 0.336 e. The minimum absolute atomic E-state index is 0.398. The Kier molecular flexibility index (Phi) is 3.74. The molecule has 0 aromatic heterocycles. The number of rotatable bonds is 2. The first-order valence-corrected chi connectivity index (χ1v) is 5.28. The van der Waals surface area contributed by atoms with Crippen LogP contribution in [0, 0.1) is 0 Å². The largest absolute Gasteiger partial charge is 0.425 e. The third kappa shape index (κ3) is 3.36. The molecule has 0 bridgehead atoms. The van der Waals surface area contributed by atoms with Gasteiger partial charge in [0.1, 0.15) is 5.75 Å². The molecule has 0 aliphatic carbocycles. The summed E-state index contributed by atoms with van der Waals surface area (Å²) in [6, 6.07) is 6.60. The van der Waals surface area contributed by atoms with Gasteiger partial charge in [-0.3, -0.25) is 0 Å². The molecule has 70 valence electrons. The minimum Gasteiger partial charge on any atom is -0.425 e. The van der Waals surface area contributed by atoms with Crippen molar-refractivity contribution in [1.29, 1.82) is 0 Å². The molecule has 13 heavy (non-hydrogen) atoms. The fourth-order valence-electron chi connectivity index (χ4n) is 0.697. The molecule has 0 saturated heterocycles. The third-order valence-electron chi connectivity index (χ3n) is 1.28. The van der Waals surface area contributed by atoms with E-state index in [0.29, 0.717) is 11.4 Å². The lowest BCUT2D eigenvalue weighted by molar-refractivity contribution is -0.131. The Hall–Kier alpha value is -0.550. The van der Waals surface area contributed by atoms with Gasteiger partial charge in [-0.1, -0.05) is 31.9 Å². The zero-order chi connectivity index (χ0) is 9.84. The predicted molar refractivity (Wildman–Crippen MR) is 58.1 cm³/mol. The van der Waals surface area contributed by atoms with E-state index in [2.05, 4.69) is 31.9 Å². The molecule has 5 heteroatoms. The maximum atomic E-state index is 11.0. The van der Waals surface area contributed by atoms with Crippen LogP contribution in [0.2, 0.25) is 0 Å². The lowest BCUT2D eigenvalue weighted by Crippen LogP contribution is -2.14. The second-order valence-electron chi connectivity index (χ2n) is 2.29. The highest BCUT2D eigenvalue weighted by atomic mass is 79.9.